The average molecular weight is 285 g/mol. The summed E-state index contributed by atoms with van der Waals surface area (Å²) in [4.78, 5) is 0. The molecule has 1 aromatic rings. The van der Waals surface area contributed by atoms with Crippen LogP contribution < -0.4 is 15.2 Å². The minimum Gasteiger partial charge on any atom is -0.486 e. The lowest BCUT2D eigenvalue weighted by Crippen LogP contribution is -2.20. The summed E-state index contributed by atoms with van der Waals surface area (Å²) >= 11 is 0. The van der Waals surface area contributed by atoms with E-state index >= 15 is 0 Å². The van der Waals surface area contributed by atoms with Gasteiger partial charge in [0.1, 0.15) is 12.4 Å². The molecule has 4 N–H and O–H groups in total. The maximum absolute atomic E-state index is 11.7. The van der Waals surface area contributed by atoms with E-state index in [0.717, 1.165) is 12.8 Å². The Morgan fingerprint density at radius 2 is 2.05 bits per heavy atom. The van der Waals surface area contributed by atoms with Crippen molar-refractivity contribution in [2.45, 2.75) is 18.1 Å². The Balaban J connectivity index is 1.94. The lowest BCUT2D eigenvalue weighted by Gasteiger charge is -2.08. The third-order valence-corrected chi connectivity index (χ3v) is 4.46. The molecule has 1 aliphatic rings. The molecule has 0 aromatic heterocycles. The highest BCUT2D eigenvalue weighted by molar-refractivity contribution is 7.93. The van der Waals surface area contributed by atoms with Gasteiger partial charge in [-0.05, 0) is 37.1 Å². The number of hydrogen-bond donors (Lipinski definition) is 3. The molecule has 7 nitrogen and oxygen atoms in total. The summed E-state index contributed by atoms with van der Waals surface area (Å²) in [5, 5.41) is 10.9. The normalized spacial score (nSPS) is 16.1. The van der Waals surface area contributed by atoms with Crippen molar-refractivity contribution >= 4 is 21.5 Å². The summed E-state index contributed by atoms with van der Waals surface area (Å²) in [6, 6.07) is 6.41. The molecule has 0 atom stereocenters. The second-order valence-corrected chi connectivity index (χ2v) is 6.21. The highest BCUT2D eigenvalue weighted by Gasteiger charge is 2.35. The van der Waals surface area contributed by atoms with Crippen LogP contribution in [0.25, 0.3) is 0 Å². The largest absolute Gasteiger partial charge is 0.486 e. The van der Waals surface area contributed by atoms with Crippen molar-refractivity contribution in [1.29, 1.82) is 0 Å². The summed E-state index contributed by atoms with van der Waals surface area (Å²) in [7, 11) is -3.25. The molecule has 2 rings (SSSR count). The smallest absolute Gasteiger partial charge is 0.235 e. The highest BCUT2D eigenvalue weighted by Crippen LogP contribution is 2.30. The van der Waals surface area contributed by atoms with Gasteiger partial charge in [-0.2, -0.15) is 0 Å². The molecule has 0 aliphatic heterocycles. The molecule has 104 valence electrons. The maximum Gasteiger partial charge on any atom is 0.235 e. The van der Waals surface area contributed by atoms with Crippen molar-refractivity contribution in [3.63, 3.8) is 0 Å². The Bertz CT molecular complexity index is 564. The van der Waals surface area contributed by atoms with Gasteiger partial charge in [-0.1, -0.05) is 5.16 Å². The highest BCUT2D eigenvalue weighted by atomic mass is 32.2. The molecule has 0 heterocycles. The summed E-state index contributed by atoms with van der Waals surface area (Å²) in [6.07, 6.45) is 1.44. The van der Waals surface area contributed by atoms with Crippen LogP contribution in [0.3, 0.4) is 0 Å². The molecule has 0 radical (unpaired) electrons. The molecule has 1 aliphatic carbocycles. The first-order valence-corrected chi connectivity index (χ1v) is 7.27. The van der Waals surface area contributed by atoms with Gasteiger partial charge in [0.15, 0.2) is 5.84 Å². The van der Waals surface area contributed by atoms with Crippen LogP contribution in [0.4, 0.5) is 5.69 Å². The number of nitrogens with one attached hydrogen (secondary N) is 1. The van der Waals surface area contributed by atoms with E-state index in [1.165, 1.54) is 0 Å². The minimum atomic E-state index is -3.25. The number of benzene rings is 1. The molecule has 1 fully saturated rings. The first kappa shape index (κ1) is 13.5. The number of amidine groups is 1. The fourth-order valence-corrected chi connectivity index (χ4v) is 2.82. The number of hydrogen-bond acceptors (Lipinski definition) is 5. The number of nitrogens with two attached hydrogens (primary N) is 1. The fraction of sp³-hybridized carbons (Fsp3) is 0.364. The Hall–Kier alpha value is -1.96. The third kappa shape index (κ3) is 3.75. The van der Waals surface area contributed by atoms with Gasteiger partial charge in [-0.15, -0.1) is 0 Å². The molecule has 8 heteroatoms. The number of ether oxygens (including phenoxy) is 1. The van der Waals surface area contributed by atoms with Gasteiger partial charge >= 0.3 is 0 Å². The molecule has 0 saturated heterocycles. The molecule has 0 unspecified atom stereocenters. The van der Waals surface area contributed by atoms with Crippen LogP contribution in [0, 0.1) is 0 Å². The van der Waals surface area contributed by atoms with Crippen molar-refractivity contribution in [2.24, 2.45) is 10.9 Å². The van der Waals surface area contributed by atoms with Gasteiger partial charge in [-0.25, -0.2) is 8.42 Å². The predicted octanol–water partition coefficient (Wildman–Crippen LogP) is 0.716. The number of anilines is 1. The Kier molecular flexibility index (Phi) is 3.79. The SMILES string of the molecule is NC(COc1ccc(NS(=O)(=O)C2CC2)cc1)=NO. The lowest BCUT2D eigenvalue weighted by atomic mass is 10.3. The van der Waals surface area contributed by atoms with Gasteiger partial charge in [0, 0.05) is 5.69 Å². The number of nitrogens with zero attached hydrogens (tertiary/aromatic N) is 1. The zero-order chi connectivity index (χ0) is 13.9. The average Bonchev–Trinajstić information content (AvgIpc) is 3.21. The standard InChI is InChI=1S/C11H15N3O4S/c12-11(13-15)7-18-9-3-1-8(2-4-9)14-19(16,17)10-5-6-10/h1-4,10,14-15H,5-7H2,(H2,12,13). The van der Waals surface area contributed by atoms with Crippen LogP contribution in [-0.2, 0) is 10.0 Å². The zero-order valence-electron chi connectivity index (χ0n) is 10.1. The van der Waals surface area contributed by atoms with E-state index in [2.05, 4.69) is 9.88 Å². The molecule has 1 aromatic carbocycles. The van der Waals surface area contributed by atoms with E-state index in [1.807, 2.05) is 0 Å². The fourth-order valence-electron chi connectivity index (χ4n) is 1.43. The van der Waals surface area contributed by atoms with Gasteiger partial charge < -0.3 is 15.7 Å². The molecule has 0 bridgehead atoms. The van der Waals surface area contributed by atoms with Crippen LogP contribution >= 0.6 is 0 Å². The quantitative estimate of drug-likeness (QED) is 0.308. The third-order valence-electron chi connectivity index (χ3n) is 2.59. The van der Waals surface area contributed by atoms with Crippen molar-refractivity contribution < 1.29 is 18.4 Å². The minimum absolute atomic E-state index is 0.0380. The van der Waals surface area contributed by atoms with Gasteiger partial charge in [-0.3, -0.25) is 4.72 Å². The van der Waals surface area contributed by atoms with Gasteiger partial charge in [0.05, 0.1) is 5.25 Å². The Morgan fingerprint density at radius 3 is 2.58 bits per heavy atom. The van der Waals surface area contributed by atoms with Crippen LogP contribution in [-0.4, -0.2) is 31.3 Å². The van der Waals surface area contributed by atoms with E-state index in [-0.39, 0.29) is 17.7 Å². The van der Waals surface area contributed by atoms with Gasteiger partial charge in [0.25, 0.3) is 0 Å². The second-order valence-electron chi connectivity index (χ2n) is 4.25. The number of oxime groups is 1. The monoisotopic (exact) mass is 285 g/mol. The molecule has 19 heavy (non-hydrogen) atoms. The van der Waals surface area contributed by atoms with E-state index in [4.69, 9.17) is 15.7 Å². The summed E-state index contributed by atoms with van der Waals surface area (Å²) in [5.41, 5.74) is 5.75. The second kappa shape index (κ2) is 5.35. The Labute approximate surface area is 111 Å². The number of sulfonamides is 1. The van der Waals surface area contributed by atoms with E-state index in [1.54, 1.807) is 24.3 Å². The van der Waals surface area contributed by atoms with E-state index < -0.39 is 10.0 Å². The van der Waals surface area contributed by atoms with Crippen LogP contribution in [0.2, 0.25) is 0 Å². The summed E-state index contributed by atoms with van der Waals surface area (Å²) in [5.74, 6) is 0.458. The molecule has 0 amide bonds. The maximum atomic E-state index is 11.7. The lowest BCUT2D eigenvalue weighted by molar-refractivity contribution is 0.306. The van der Waals surface area contributed by atoms with Crippen molar-refractivity contribution in [3.8, 4) is 5.75 Å². The molecule has 0 spiro atoms. The Morgan fingerprint density at radius 1 is 1.42 bits per heavy atom. The first-order valence-electron chi connectivity index (χ1n) is 5.72. The molecular weight excluding hydrogens is 270 g/mol. The number of rotatable bonds is 6. The van der Waals surface area contributed by atoms with Crippen molar-refractivity contribution in [3.05, 3.63) is 24.3 Å². The van der Waals surface area contributed by atoms with E-state index in [9.17, 15) is 8.42 Å². The first-order chi connectivity index (χ1) is 9.01. The van der Waals surface area contributed by atoms with E-state index in [0.29, 0.717) is 11.4 Å². The van der Waals surface area contributed by atoms with Crippen LogP contribution in [0.15, 0.2) is 29.4 Å². The summed E-state index contributed by atoms with van der Waals surface area (Å²) < 4.78 is 31.1. The van der Waals surface area contributed by atoms with Crippen LogP contribution in [0.5, 0.6) is 5.75 Å². The molecule has 1 saturated carbocycles. The summed E-state index contributed by atoms with van der Waals surface area (Å²) in [6.45, 7) is -0.0380. The van der Waals surface area contributed by atoms with Crippen molar-refractivity contribution in [1.82, 2.24) is 0 Å². The zero-order valence-corrected chi connectivity index (χ0v) is 10.9. The molecular formula is C11H15N3O4S. The topological polar surface area (TPSA) is 114 Å². The van der Waals surface area contributed by atoms with Crippen molar-refractivity contribution in [2.75, 3.05) is 11.3 Å². The van der Waals surface area contributed by atoms with Gasteiger partial charge in [0.2, 0.25) is 10.0 Å². The van der Waals surface area contributed by atoms with Crippen LogP contribution in [0.1, 0.15) is 12.8 Å². The predicted molar refractivity (Wildman–Crippen MR) is 70.9 cm³/mol.